The molecule has 1 aromatic carbocycles. The third-order valence-electron chi connectivity index (χ3n) is 4.55. The van der Waals surface area contributed by atoms with E-state index in [9.17, 15) is 5.11 Å². The minimum atomic E-state index is -0.436. The van der Waals surface area contributed by atoms with E-state index in [4.69, 9.17) is 4.74 Å². The molecule has 24 heavy (non-hydrogen) atoms. The molecule has 1 atom stereocenters. The number of hydrogen-bond acceptors (Lipinski definition) is 3. The first-order valence-electron chi connectivity index (χ1n) is 8.64. The summed E-state index contributed by atoms with van der Waals surface area (Å²) in [5, 5.41) is 10.3. The van der Waals surface area contributed by atoms with Gasteiger partial charge in [-0.1, -0.05) is 24.3 Å². The zero-order valence-electron chi connectivity index (χ0n) is 14.2. The maximum Gasteiger partial charge on any atom is 0.274 e. The van der Waals surface area contributed by atoms with Crippen molar-refractivity contribution in [3.05, 3.63) is 54.2 Å². The number of aliphatic hydroxyl groups is 1. The second-order valence-electron chi connectivity index (χ2n) is 6.42. The van der Waals surface area contributed by atoms with Crippen molar-refractivity contribution in [2.24, 2.45) is 0 Å². The predicted molar refractivity (Wildman–Crippen MR) is 93.5 cm³/mol. The molecule has 128 valence electrons. The molecule has 0 saturated carbocycles. The molecule has 1 aromatic heterocycles. The molecule has 0 spiro atoms. The van der Waals surface area contributed by atoms with Crippen LogP contribution in [-0.2, 0) is 0 Å². The van der Waals surface area contributed by atoms with Crippen molar-refractivity contribution in [3.63, 3.8) is 0 Å². The molecule has 0 unspecified atom stereocenters. The van der Waals surface area contributed by atoms with Gasteiger partial charge in [0.05, 0.1) is 6.20 Å². The van der Waals surface area contributed by atoms with Crippen LogP contribution in [-0.4, -0.2) is 50.5 Å². The molecule has 3 rings (SSSR count). The summed E-state index contributed by atoms with van der Waals surface area (Å²) < 4.78 is 5.75. The summed E-state index contributed by atoms with van der Waals surface area (Å²) in [7, 11) is 0. The number of ether oxygens (including phenoxy) is 1. The van der Waals surface area contributed by atoms with Crippen LogP contribution in [0, 0.1) is 6.92 Å². The van der Waals surface area contributed by atoms with Crippen molar-refractivity contribution in [2.75, 3.05) is 44.2 Å². The minimum Gasteiger partial charge on any atom is -0.490 e. The number of benzene rings is 1. The Bertz CT molecular complexity index is 628. The van der Waals surface area contributed by atoms with E-state index in [0.29, 0.717) is 6.61 Å². The van der Waals surface area contributed by atoms with Crippen molar-refractivity contribution in [1.29, 1.82) is 0 Å². The summed E-state index contributed by atoms with van der Waals surface area (Å²) in [5.41, 5.74) is 1.10. The number of aliphatic hydroxyl groups excluding tert-OH is 1. The van der Waals surface area contributed by atoms with Crippen LogP contribution in [0.15, 0.2) is 48.7 Å². The highest BCUT2D eigenvalue weighted by Crippen LogP contribution is 2.16. The summed E-state index contributed by atoms with van der Waals surface area (Å²) in [6.07, 6.45) is 1.52. The topological polar surface area (TPSA) is 51.3 Å². The Morgan fingerprint density at radius 1 is 1.17 bits per heavy atom. The van der Waals surface area contributed by atoms with Crippen LogP contribution in [0.2, 0.25) is 0 Å². The molecule has 1 aliphatic rings. The molecule has 5 heteroatoms. The standard InChI is InChI=1S/C19H25N3O2/c1-16-6-2-3-7-18(16)24-15-17(23)14-21-10-12-22(13-11-21)19-8-4-5-9-20-19/h2-9,17,23H,10-15H2,1H3/p+2/t17-/m0/s1. The number of piperazine rings is 1. The van der Waals surface area contributed by atoms with Crippen LogP contribution in [0.3, 0.4) is 0 Å². The van der Waals surface area contributed by atoms with Crippen LogP contribution < -0.4 is 19.5 Å². The molecule has 1 saturated heterocycles. The van der Waals surface area contributed by atoms with E-state index >= 15 is 0 Å². The number of aromatic amines is 1. The first kappa shape index (κ1) is 16.7. The number of nitrogens with one attached hydrogen (secondary N) is 2. The third-order valence-corrected chi connectivity index (χ3v) is 4.55. The van der Waals surface area contributed by atoms with Gasteiger partial charge in [0.15, 0.2) is 0 Å². The van der Waals surface area contributed by atoms with Crippen molar-refractivity contribution in [1.82, 2.24) is 0 Å². The van der Waals surface area contributed by atoms with Gasteiger partial charge in [-0.05, 0) is 24.6 Å². The highest BCUT2D eigenvalue weighted by molar-refractivity contribution is 5.32. The number of anilines is 1. The molecule has 2 heterocycles. The number of quaternary nitrogens is 1. The summed E-state index contributed by atoms with van der Waals surface area (Å²) >= 11 is 0. The zero-order valence-corrected chi connectivity index (χ0v) is 14.2. The van der Waals surface area contributed by atoms with Gasteiger partial charge in [0, 0.05) is 6.07 Å². The highest BCUT2D eigenvalue weighted by Gasteiger charge is 2.27. The maximum absolute atomic E-state index is 10.3. The van der Waals surface area contributed by atoms with E-state index < -0.39 is 6.10 Å². The van der Waals surface area contributed by atoms with Crippen LogP contribution >= 0.6 is 0 Å². The molecule has 0 amide bonds. The minimum absolute atomic E-state index is 0.352. The maximum atomic E-state index is 10.3. The second-order valence-corrected chi connectivity index (χ2v) is 6.42. The Morgan fingerprint density at radius 2 is 1.92 bits per heavy atom. The Labute approximate surface area is 143 Å². The van der Waals surface area contributed by atoms with Gasteiger partial charge in [-0.15, -0.1) is 0 Å². The average molecular weight is 329 g/mol. The molecule has 2 aromatic rings. The Kier molecular flexibility index (Phi) is 5.67. The lowest BCUT2D eigenvalue weighted by molar-refractivity contribution is -0.903. The summed E-state index contributed by atoms with van der Waals surface area (Å²) in [6.45, 7) is 7.17. The first-order chi connectivity index (χ1) is 11.7. The fourth-order valence-electron chi connectivity index (χ4n) is 3.15. The fourth-order valence-corrected chi connectivity index (χ4v) is 3.15. The van der Waals surface area contributed by atoms with E-state index in [-0.39, 0.29) is 0 Å². The van der Waals surface area contributed by atoms with E-state index in [0.717, 1.165) is 44.0 Å². The SMILES string of the molecule is Cc1ccccc1OC[C@@H](O)C[NH+]1CCN(c2cccc[nH+]2)CC1. The van der Waals surface area contributed by atoms with Gasteiger partial charge in [0.2, 0.25) is 0 Å². The second kappa shape index (κ2) is 8.13. The van der Waals surface area contributed by atoms with E-state index in [1.807, 2.05) is 43.5 Å². The average Bonchev–Trinajstić information content (AvgIpc) is 2.62. The van der Waals surface area contributed by atoms with Crippen molar-refractivity contribution in [3.8, 4) is 5.75 Å². The molecular formula is C19H27N3O2+2. The number of rotatable bonds is 6. The third kappa shape index (κ3) is 4.46. The Morgan fingerprint density at radius 3 is 2.62 bits per heavy atom. The number of para-hydroxylation sites is 1. The van der Waals surface area contributed by atoms with Gasteiger partial charge in [-0.3, -0.25) is 4.90 Å². The number of aryl methyl sites for hydroxylation is 1. The molecule has 3 N–H and O–H groups in total. The normalized spacial score (nSPS) is 16.8. The van der Waals surface area contributed by atoms with Crippen LogP contribution in [0.4, 0.5) is 5.82 Å². The molecule has 0 bridgehead atoms. The summed E-state index contributed by atoms with van der Waals surface area (Å²) in [5.74, 6) is 2.02. The predicted octanol–water partition coefficient (Wildman–Crippen LogP) is -0.0461. The fraction of sp³-hybridized carbons (Fsp3) is 0.421. The van der Waals surface area contributed by atoms with E-state index in [1.165, 1.54) is 10.7 Å². The molecule has 5 nitrogen and oxygen atoms in total. The number of nitrogens with zero attached hydrogens (tertiary/aromatic N) is 1. The lowest BCUT2D eigenvalue weighted by Gasteiger charge is -2.29. The number of aromatic nitrogens is 1. The largest absolute Gasteiger partial charge is 0.490 e. The van der Waals surface area contributed by atoms with Gasteiger partial charge < -0.3 is 14.7 Å². The molecule has 0 aliphatic carbocycles. The highest BCUT2D eigenvalue weighted by atomic mass is 16.5. The van der Waals surface area contributed by atoms with Crippen molar-refractivity contribution < 1.29 is 19.7 Å². The lowest BCUT2D eigenvalue weighted by atomic mass is 10.2. The van der Waals surface area contributed by atoms with Crippen LogP contribution in [0.5, 0.6) is 5.75 Å². The molecule has 1 fully saturated rings. The van der Waals surface area contributed by atoms with Gasteiger partial charge in [-0.25, -0.2) is 4.98 Å². The molecule has 0 radical (unpaired) electrons. The van der Waals surface area contributed by atoms with Crippen molar-refractivity contribution in [2.45, 2.75) is 13.0 Å². The molecule has 1 aliphatic heterocycles. The Hall–Kier alpha value is -2.11. The van der Waals surface area contributed by atoms with Gasteiger partial charge in [-0.2, -0.15) is 0 Å². The summed E-state index contributed by atoms with van der Waals surface area (Å²) in [6, 6.07) is 14.1. The van der Waals surface area contributed by atoms with Crippen molar-refractivity contribution >= 4 is 5.82 Å². The number of pyridine rings is 1. The van der Waals surface area contributed by atoms with E-state index in [1.54, 1.807) is 0 Å². The van der Waals surface area contributed by atoms with E-state index in [2.05, 4.69) is 22.0 Å². The number of hydrogen-bond donors (Lipinski definition) is 2. The van der Waals surface area contributed by atoms with Gasteiger partial charge in [0.1, 0.15) is 51.2 Å². The monoisotopic (exact) mass is 329 g/mol. The first-order valence-corrected chi connectivity index (χ1v) is 8.64. The summed E-state index contributed by atoms with van der Waals surface area (Å²) in [4.78, 5) is 7.08. The Balaban J connectivity index is 1.42. The van der Waals surface area contributed by atoms with Gasteiger partial charge in [0.25, 0.3) is 5.82 Å². The smallest absolute Gasteiger partial charge is 0.274 e. The molecular weight excluding hydrogens is 302 g/mol. The number of H-pyrrole nitrogens is 1. The van der Waals surface area contributed by atoms with Crippen LogP contribution in [0.25, 0.3) is 0 Å². The zero-order chi connectivity index (χ0) is 16.8. The van der Waals surface area contributed by atoms with Gasteiger partial charge >= 0.3 is 0 Å². The quantitative estimate of drug-likeness (QED) is 0.782. The lowest BCUT2D eigenvalue weighted by Crippen LogP contribution is -3.16. The van der Waals surface area contributed by atoms with Crippen LogP contribution in [0.1, 0.15) is 5.56 Å².